The zero-order valence-electron chi connectivity index (χ0n) is 8.92. The van der Waals surface area contributed by atoms with Crippen molar-refractivity contribution in [2.75, 3.05) is 0 Å². The van der Waals surface area contributed by atoms with Gasteiger partial charge in [-0.1, -0.05) is 26.0 Å². The van der Waals surface area contributed by atoms with Gasteiger partial charge in [0.2, 0.25) is 0 Å². The maximum absolute atomic E-state index is 8.30. The minimum absolute atomic E-state index is 0.708. The summed E-state index contributed by atoms with van der Waals surface area (Å²) in [5.41, 5.74) is 0. The summed E-state index contributed by atoms with van der Waals surface area (Å²) in [4.78, 5) is 0. The quantitative estimate of drug-likeness (QED) is 0.427. The van der Waals surface area contributed by atoms with Crippen molar-refractivity contribution in [2.45, 2.75) is 52.4 Å². The Morgan fingerprint density at radius 1 is 1.15 bits per heavy atom. The van der Waals surface area contributed by atoms with E-state index in [2.05, 4.69) is 32.1 Å². The lowest BCUT2D eigenvalue weighted by Gasteiger charge is -1.98. The van der Waals surface area contributed by atoms with Crippen LogP contribution >= 0.6 is 0 Å². The molecule has 1 heteroatoms. The number of unbranched alkanes of at least 4 members (excludes halogenated alkanes) is 3. The van der Waals surface area contributed by atoms with Gasteiger partial charge in [-0.15, -0.1) is 0 Å². The van der Waals surface area contributed by atoms with Crippen molar-refractivity contribution in [3.63, 3.8) is 0 Å². The summed E-state index contributed by atoms with van der Waals surface area (Å²) in [6.45, 7) is 4.50. The zero-order chi connectivity index (χ0) is 9.94. The average molecular weight is 179 g/mol. The molecule has 0 aromatic carbocycles. The van der Waals surface area contributed by atoms with E-state index in [1.165, 1.54) is 12.8 Å². The summed E-state index contributed by atoms with van der Waals surface area (Å²) < 4.78 is 0. The van der Waals surface area contributed by atoms with Crippen molar-refractivity contribution in [3.8, 4) is 6.07 Å². The van der Waals surface area contributed by atoms with E-state index in [9.17, 15) is 0 Å². The molecule has 0 amide bonds. The average Bonchev–Trinajstić information content (AvgIpc) is 2.09. The third-order valence-corrected chi connectivity index (χ3v) is 1.99. The minimum Gasteiger partial charge on any atom is -0.198 e. The second kappa shape index (κ2) is 9.32. The lowest BCUT2D eigenvalue weighted by atomic mass is 10.1. The Hall–Kier alpha value is -0.770. The highest BCUT2D eigenvalue weighted by molar-refractivity contribution is 4.82. The van der Waals surface area contributed by atoms with Crippen LogP contribution in [0.3, 0.4) is 0 Å². The molecular weight excluding hydrogens is 158 g/mol. The van der Waals surface area contributed by atoms with Gasteiger partial charge in [-0.3, -0.25) is 0 Å². The van der Waals surface area contributed by atoms with Crippen LogP contribution in [0.1, 0.15) is 52.4 Å². The summed E-state index contributed by atoms with van der Waals surface area (Å²) in [5.74, 6) is 0.809. The first kappa shape index (κ1) is 12.2. The first-order valence-corrected chi connectivity index (χ1v) is 5.29. The summed E-state index contributed by atoms with van der Waals surface area (Å²) in [6, 6.07) is 2.16. The highest BCUT2D eigenvalue weighted by Crippen LogP contribution is 2.05. The molecule has 0 heterocycles. The third-order valence-electron chi connectivity index (χ3n) is 1.99. The lowest BCUT2D eigenvalue weighted by Crippen LogP contribution is -1.83. The molecule has 0 bridgehead atoms. The van der Waals surface area contributed by atoms with Crippen molar-refractivity contribution >= 4 is 0 Å². The Morgan fingerprint density at radius 3 is 2.46 bits per heavy atom. The highest BCUT2D eigenvalue weighted by atomic mass is 14.2. The molecule has 0 aliphatic rings. The molecule has 0 aromatic heterocycles. The number of nitrogens with zero attached hydrogens (tertiary/aromatic N) is 1. The van der Waals surface area contributed by atoms with Gasteiger partial charge in [0.1, 0.15) is 0 Å². The van der Waals surface area contributed by atoms with E-state index in [1.807, 2.05) is 0 Å². The molecule has 0 radical (unpaired) electrons. The molecular formula is C12H21N. The van der Waals surface area contributed by atoms with Gasteiger partial charge in [0.05, 0.1) is 6.07 Å². The summed E-state index contributed by atoms with van der Waals surface area (Å²) in [7, 11) is 0. The van der Waals surface area contributed by atoms with Gasteiger partial charge in [0.25, 0.3) is 0 Å². The molecule has 0 spiro atoms. The van der Waals surface area contributed by atoms with E-state index in [0.717, 1.165) is 25.2 Å². The van der Waals surface area contributed by atoms with Gasteiger partial charge in [0.15, 0.2) is 0 Å². The van der Waals surface area contributed by atoms with Crippen molar-refractivity contribution in [1.82, 2.24) is 0 Å². The van der Waals surface area contributed by atoms with E-state index < -0.39 is 0 Å². The monoisotopic (exact) mass is 179 g/mol. The van der Waals surface area contributed by atoms with E-state index in [1.54, 1.807) is 0 Å². The van der Waals surface area contributed by atoms with Crippen LogP contribution in [0, 0.1) is 17.2 Å². The van der Waals surface area contributed by atoms with Crippen LogP contribution in [0.15, 0.2) is 12.2 Å². The number of allylic oxidation sites excluding steroid dienone is 2. The molecule has 0 atom stereocenters. The second-order valence-electron chi connectivity index (χ2n) is 3.85. The molecule has 0 aromatic rings. The fourth-order valence-electron chi connectivity index (χ4n) is 1.13. The van der Waals surface area contributed by atoms with E-state index in [0.29, 0.717) is 6.42 Å². The van der Waals surface area contributed by atoms with Crippen LogP contribution in [-0.4, -0.2) is 0 Å². The van der Waals surface area contributed by atoms with Crippen LogP contribution in [0.25, 0.3) is 0 Å². The predicted molar refractivity (Wildman–Crippen MR) is 57.3 cm³/mol. The molecule has 0 rings (SSSR count). The van der Waals surface area contributed by atoms with Gasteiger partial charge < -0.3 is 0 Å². The molecule has 13 heavy (non-hydrogen) atoms. The van der Waals surface area contributed by atoms with Crippen molar-refractivity contribution in [2.24, 2.45) is 5.92 Å². The Bertz CT molecular complexity index is 162. The van der Waals surface area contributed by atoms with Crippen LogP contribution in [0.5, 0.6) is 0 Å². The Balaban J connectivity index is 3.09. The fraction of sp³-hybridized carbons (Fsp3) is 0.750. The maximum atomic E-state index is 8.30. The topological polar surface area (TPSA) is 23.8 Å². The SMILES string of the molecule is CC(C)CC/C=C/CCCCC#N. The third kappa shape index (κ3) is 11.2. The van der Waals surface area contributed by atoms with Crippen LogP contribution in [0.4, 0.5) is 0 Å². The lowest BCUT2D eigenvalue weighted by molar-refractivity contribution is 0.593. The molecule has 0 saturated heterocycles. The Morgan fingerprint density at radius 2 is 1.85 bits per heavy atom. The molecule has 0 aliphatic carbocycles. The summed E-state index contributed by atoms with van der Waals surface area (Å²) in [6.07, 6.45) is 11.1. The van der Waals surface area contributed by atoms with E-state index >= 15 is 0 Å². The van der Waals surface area contributed by atoms with Gasteiger partial charge in [-0.2, -0.15) is 5.26 Å². The Labute approximate surface area is 82.5 Å². The molecule has 0 fully saturated rings. The predicted octanol–water partition coefficient (Wildman–Crippen LogP) is 4.06. The smallest absolute Gasteiger partial charge is 0.0621 e. The molecule has 0 unspecified atom stereocenters. The first-order valence-electron chi connectivity index (χ1n) is 5.29. The number of hydrogen-bond acceptors (Lipinski definition) is 1. The number of nitriles is 1. The van der Waals surface area contributed by atoms with Crippen molar-refractivity contribution < 1.29 is 0 Å². The van der Waals surface area contributed by atoms with Crippen molar-refractivity contribution in [3.05, 3.63) is 12.2 Å². The van der Waals surface area contributed by atoms with E-state index in [-0.39, 0.29) is 0 Å². The number of rotatable bonds is 7. The standard InChI is InChI=1S/C12H21N/c1-12(2)10-8-6-4-3-5-7-9-11-13/h4,6,12H,3,5,7-10H2,1-2H3/b6-4+. The van der Waals surface area contributed by atoms with Gasteiger partial charge in [0, 0.05) is 6.42 Å². The molecule has 74 valence electrons. The largest absolute Gasteiger partial charge is 0.198 e. The molecule has 0 aliphatic heterocycles. The van der Waals surface area contributed by atoms with Crippen LogP contribution < -0.4 is 0 Å². The minimum atomic E-state index is 0.708. The maximum Gasteiger partial charge on any atom is 0.0621 e. The Kier molecular flexibility index (Phi) is 8.77. The van der Waals surface area contributed by atoms with Crippen LogP contribution in [-0.2, 0) is 0 Å². The van der Waals surface area contributed by atoms with Gasteiger partial charge in [-0.25, -0.2) is 0 Å². The molecule has 0 saturated carbocycles. The van der Waals surface area contributed by atoms with E-state index in [4.69, 9.17) is 5.26 Å². The zero-order valence-corrected chi connectivity index (χ0v) is 8.92. The summed E-state index contributed by atoms with van der Waals surface area (Å²) in [5, 5.41) is 8.30. The van der Waals surface area contributed by atoms with Gasteiger partial charge in [-0.05, 0) is 38.0 Å². The molecule has 0 N–H and O–H groups in total. The second-order valence-corrected chi connectivity index (χ2v) is 3.85. The summed E-state index contributed by atoms with van der Waals surface area (Å²) >= 11 is 0. The normalized spacial score (nSPS) is 10.9. The fourth-order valence-corrected chi connectivity index (χ4v) is 1.13. The number of hydrogen-bond donors (Lipinski definition) is 0. The van der Waals surface area contributed by atoms with Crippen molar-refractivity contribution in [1.29, 1.82) is 5.26 Å². The highest BCUT2D eigenvalue weighted by Gasteiger charge is 1.89. The molecule has 1 nitrogen and oxygen atoms in total. The van der Waals surface area contributed by atoms with Gasteiger partial charge >= 0.3 is 0 Å². The first-order chi connectivity index (χ1) is 6.27. The van der Waals surface area contributed by atoms with Crippen LogP contribution in [0.2, 0.25) is 0 Å².